The maximum Gasteiger partial charge on any atom is 0.418 e. The molecule has 11 nitrogen and oxygen atoms in total. The van der Waals surface area contributed by atoms with E-state index in [1.807, 2.05) is 12.1 Å². The normalized spacial score (nSPS) is 21.1. The number of halogens is 4. The average Bonchev–Trinajstić information content (AvgIpc) is 3.06. The van der Waals surface area contributed by atoms with Gasteiger partial charge in [-0.2, -0.15) is 13.2 Å². The van der Waals surface area contributed by atoms with Crippen LogP contribution < -0.4 is 11.1 Å². The summed E-state index contributed by atoms with van der Waals surface area (Å²) >= 11 is 6.08. The molecule has 47 heavy (non-hydrogen) atoms. The number of piperidine rings is 2. The Bertz CT molecular complexity index is 1500. The van der Waals surface area contributed by atoms with Crippen LogP contribution in [-0.2, 0) is 37.2 Å². The second-order valence-electron chi connectivity index (χ2n) is 12.4. The largest absolute Gasteiger partial charge is 0.438 e. The molecule has 3 N–H and O–H groups in total. The van der Waals surface area contributed by atoms with Crippen molar-refractivity contribution in [3.05, 3.63) is 58.1 Å². The molecular formula is C32H37ClF3N5O6. The van der Waals surface area contributed by atoms with E-state index in [0.717, 1.165) is 24.7 Å². The lowest BCUT2D eigenvalue weighted by Gasteiger charge is -2.44. The van der Waals surface area contributed by atoms with Gasteiger partial charge in [-0.1, -0.05) is 29.8 Å². The van der Waals surface area contributed by atoms with Gasteiger partial charge in [0.1, 0.15) is 5.60 Å². The number of morpholine rings is 1. The number of rotatable bonds is 5. The van der Waals surface area contributed by atoms with Gasteiger partial charge in [0.2, 0.25) is 0 Å². The van der Waals surface area contributed by atoms with E-state index in [0.29, 0.717) is 57.7 Å². The SMILES string of the molecule is Nc1c(Cl)cc(C[C@@H](OC(=O)N2CCC3(CC2)OC(=O)Nc2ccccc23)C(=O)N2CCC(N3CCOCC3)CC2)cc1C(F)(F)F. The van der Waals surface area contributed by atoms with E-state index in [2.05, 4.69) is 10.2 Å². The fourth-order valence-corrected chi connectivity index (χ4v) is 7.23. The maximum atomic E-state index is 13.9. The van der Waals surface area contributed by atoms with Crippen LogP contribution in [0.15, 0.2) is 36.4 Å². The number of amides is 3. The zero-order chi connectivity index (χ0) is 33.3. The van der Waals surface area contributed by atoms with Gasteiger partial charge in [0, 0.05) is 70.1 Å². The molecule has 15 heteroatoms. The number of nitrogens with zero attached hydrogens (tertiary/aromatic N) is 3. The topological polar surface area (TPSA) is 127 Å². The summed E-state index contributed by atoms with van der Waals surface area (Å²) in [5.74, 6) is -0.491. The minimum absolute atomic E-state index is 0.0571. The number of carbonyl (C=O) groups is 3. The van der Waals surface area contributed by atoms with Crippen LogP contribution in [0.1, 0.15) is 42.4 Å². The number of benzene rings is 2. The predicted molar refractivity (Wildman–Crippen MR) is 166 cm³/mol. The Morgan fingerprint density at radius 1 is 1.04 bits per heavy atom. The van der Waals surface area contributed by atoms with Crippen LogP contribution in [0.25, 0.3) is 0 Å². The number of anilines is 2. The molecule has 6 rings (SSSR count). The van der Waals surface area contributed by atoms with Crippen LogP contribution in [0, 0.1) is 0 Å². The van der Waals surface area contributed by atoms with Crippen molar-refractivity contribution in [2.75, 3.05) is 63.5 Å². The van der Waals surface area contributed by atoms with Crippen LogP contribution >= 0.6 is 11.6 Å². The number of hydrogen-bond donors (Lipinski definition) is 2. The van der Waals surface area contributed by atoms with Crippen molar-refractivity contribution < 1.29 is 41.8 Å². The smallest absolute Gasteiger partial charge is 0.418 e. The molecule has 3 fully saturated rings. The lowest BCUT2D eigenvalue weighted by Crippen LogP contribution is -2.53. The number of ether oxygens (including phenoxy) is 3. The minimum Gasteiger partial charge on any atom is -0.438 e. The third-order valence-corrected chi connectivity index (χ3v) is 9.86. The highest BCUT2D eigenvalue weighted by molar-refractivity contribution is 6.33. The summed E-state index contributed by atoms with van der Waals surface area (Å²) in [6.07, 6.45) is -5.87. The molecule has 0 bridgehead atoms. The van der Waals surface area contributed by atoms with Crippen LogP contribution in [0.4, 0.5) is 34.1 Å². The van der Waals surface area contributed by atoms with Crippen molar-refractivity contribution in [2.24, 2.45) is 0 Å². The van der Waals surface area contributed by atoms with Gasteiger partial charge < -0.3 is 29.7 Å². The summed E-state index contributed by atoms with van der Waals surface area (Å²) < 4.78 is 58.3. The molecule has 2 aromatic rings. The molecule has 1 spiro atoms. The lowest BCUT2D eigenvalue weighted by molar-refractivity contribution is -0.143. The molecule has 3 amide bonds. The monoisotopic (exact) mass is 679 g/mol. The van der Waals surface area contributed by atoms with Gasteiger partial charge in [-0.05, 0) is 36.6 Å². The standard InChI is InChI=1S/C32H37ClF3N5O6/c33-24-18-20(17-23(27(24)37)32(34,35)36)19-26(28(42)40-9-5-21(6-10-40)39-13-15-45-16-14-39)46-30(44)41-11-7-31(8-12-41)22-3-1-2-4-25(22)38-29(43)47-31/h1-4,17-18,21,26H,5-16,19,37H2,(H,38,43)/t26-/m1/s1. The Hall–Kier alpha value is -3.75. The summed E-state index contributed by atoms with van der Waals surface area (Å²) in [4.78, 5) is 45.1. The fourth-order valence-electron chi connectivity index (χ4n) is 6.99. The number of nitrogens with two attached hydrogens (primary N) is 1. The Kier molecular flexibility index (Phi) is 9.45. The van der Waals surface area contributed by atoms with Crippen LogP contribution in [-0.4, -0.2) is 97.4 Å². The van der Waals surface area contributed by atoms with Gasteiger partial charge >= 0.3 is 18.4 Å². The number of fused-ring (bicyclic) bond motifs is 2. The Labute approximate surface area is 275 Å². The zero-order valence-corrected chi connectivity index (χ0v) is 26.4. The van der Waals surface area contributed by atoms with Crippen molar-refractivity contribution in [2.45, 2.75) is 56.0 Å². The molecule has 0 unspecified atom stereocenters. The van der Waals surface area contributed by atoms with Gasteiger partial charge in [0.25, 0.3) is 5.91 Å². The van der Waals surface area contributed by atoms with Crippen molar-refractivity contribution in [3.63, 3.8) is 0 Å². The van der Waals surface area contributed by atoms with E-state index in [-0.39, 0.29) is 36.1 Å². The van der Waals surface area contributed by atoms with E-state index in [9.17, 15) is 27.6 Å². The minimum atomic E-state index is -4.78. The summed E-state index contributed by atoms with van der Waals surface area (Å²) in [7, 11) is 0. The predicted octanol–water partition coefficient (Wildman–Crippen LogP) is 4.87. The van der Waals surface area contributed by atoms with E-state index >= 15 is 0 Å². The first-order valence-electron chi connectivity index (χ1n) is 15.7. The van der Waals surface area contributed by atoms with Crippen molar-refractivity contribution in [3.8, 4) is 0 Å². The Morgan fingerprint density at radius 3 is 2.40 bits per heavy atom. The molecule has 1 atom stereocenters. The van der Waals surface area contributed by atoms with Gasteiger partial charge in [0.05, 0.1) is 35.2 Å². The molecule has 4 aliphatic heterocycles. The molecule has 254 valence electrons. The molecule has 0 aromatic heterocycles. The van der Waals surface area contributed by atoms with Crippen molar-refractivity contribution in [1.29, 1.82) is 0 Å². The lowest BCUT2D eigenvalue weighted by atomic mass is 9.82. The van der Waals surface area contributed by atoms with E-state index in [4.69, 9.17) is 31.5 Å². The molecular weight excluding hydrogens is 643 g/mol. The zero-order valence-electron chi connectivity index (χ0n) is 25.7. The second-order valence-corrected chi connectivity index (χ2v) is 12.8. The number of nitrogen functional groups attached to an aromatic ring is 1. The summed E-state index contributed by atoms with van der Waals surface area (Å²) in [6.45, 7) is 4.10. The maximum absolute atomic E-state index is 13.9. The molecule has 4 heterocycles. The van der Waals surface area contributed by atoms with Crippen molar-refractivity contribution in [1.82, 2.24) is 14.7 Å². The fraction of sp³-hybridized carbons (Fsp3) is 0.531. The van der Waals surface area contributed by atoms with E-state index in [1.54, 1.807) is 17.0 Å². The number of para-hydroxylation sites is 1. The number of alkyl halides is 3. The first-order chi connectivity index (χ1) is 22.4. The second kappa shape index (κ2) is 13.4. The average molecular weight is 680 g/mol. The summed E-state index contributed by atoms with van der Waals surface area (Å²) in [5.41, 5.74) is 4.47. The van der Waals surface area contributed by atoms with Crippen LogP contribution in [0.5, 0.6) is 0 Å². The molecule has 0 radical (unpaired) electrons. The molecule has 2 aromatic carbocycles. The Balaban J connectivity index is 1.18. The summed E-state index contributed by atoms with van der Waals surface area (Å²) in [5, 5.41) is 2.39. The van der Waals surface area contributed by atoms with E-state index < -0.39 is 47.2 Å². The molecule has 4 aliphatic rings. The third kappa shape index (κ3) is 7.09. The number of likely N-dealkylation sites (tertiary alicyclic amines) is 2. The quantitative estimate of drug-likeness (QED) is 0.429. The molecule has 3 saturated heterocycles. The first-order valence-corrected chi connectivity index (χ1v) is 16.1. The third-order valence-electron chi connectivity index (χ3n) is 9.54. The van der Waals surface area contributed by atoms with Gasteiger partial charge in [-0.3, -0.25) is 15.0 Å². The molecule has 0 aliphatic carbocycles. The van der Waals surface area contributed by atoms with Gasteiger partial charge in [-0.25, -0.2) is 9.59 Å². The van der Waals surface area contributed by atoms with Gasteiger partial charge in [-0.15, -0.1) is 0 Å². The summed E-state index contributed by atoms with van der Waals surface area (Å²) in [6, 6.07) is 9.68. The number of nitrogens with one attached hydrogen (secondary N) is 1. The highest BCUT2D eigenvalue weighted by atomic mass is 35.5. The highest BCUT2D eigenvalue weighted by Crippen LogP contribution is 2.43. The van der Waals surface area contributed by atoms with Crippen molar-refractivity contribution >= 4 is 41.1 Å². The van der Waals surface area contributed by atoms with E-state index in [1.165, 1.54) is 11.0 Å². The number of hydrogen-bond acceptors (Lipinski definition) is 8. The molecule has 0 saturated carbocycles. The van der Waals surface area contributed by atoms with Gasteiger partial charge in [0.15, 0.2) is 6.10 Å². The number of carbonyl (C=O) groups excluding carboxylic acids is 3. The first kappa shape index (κ1) is 33.2. The van der Waals surface area contributed by atoms with Crippen LogP contribution in [0.2, 0.25) is 5.02 Å². The Morgan fingerprint density at radius 2 is 1.72 bits per heavy atom. The van der Waals surface area contributed by atoms with Crippen LogP contribution in [0.3, 0.4) is 0 Å². The highest BCUT2D eigenvalue weighted by Gasteiger charge is 2.46.